The lowest BCUT2D eigenvalue weighted by molar-refractivity contribution is 0.309. The standard InChI is InChI=1S/C15H23NO/c1-3-4-8-17-14-7-5-6-13(10-14)15-9-12(2)11-16-15/h5-7,10,12,15-16H,3-4,8-9,11H2,1-2H3/t12-,15+/m0/s1. The molecule has 2 rings (SSSR count). The predicted octanol–water partition coefficient (Wildman–Crippen LogP) is 3.54. The van der Waals surface area contributed by atoms with Gasteiger partial charge in [-0.05, 0) is 43.0 Å². The Morgan fingerprint density at radius 1 is 1.41 bits per heavy atom. The molecule has 1 heterocycles. The van der Waals surface area contributed by atoms with Crippen LogP contribution in [-0.2, 0) is 0 Å². The molecular formula is C15H23NO. The summed E-state index contributed by atoms with van der Waals surface area (Å²) in [7, 11) is 0. The van der Waals surface area contributed by atoms with Gasteiger partial charge in [-0.1, -0.05) is 32.4 Å². The van der Waals surface area contributed by atoms with Crippen molar-refractivity contribution in [3.8, 4) is 5.75 Å². The molecule has 1 aromatic carbocycles. The van der Waals surface area contributed by atoms with E-state index < -0.39 is 0 Å². The first-order valence-corrected chi connectivity index (χ1v) is 6.75. The van der Waals surface area contributed by atoms with Gasteiger partial charge < -0.3 is 10.1 Å². The fourth-order valence-electron chi connectivity index (χ4n) is 2.32. The molecule has 2 heteroatoms. The summed E-state index contributed by atoms with van der Waals surface area (Å²) in [6.45, 7) is 6.44. The Balaban J connectivity index is 1.96. The lowest BCUT2D eigenvalue weighted by Crippen LogP contribution is -2.13. The maximum absolute atomic E-state index is 5.75. The number of rotatable bonds is 5. The van der Waals surface area contributed by atoms with Crippen LogP contribution in [-0.4, -0.2) is 13.2 Å². The molecule has 1 saturated heterocycles. The van der Waals surface area contributed by atoms with Crippen LogP contribution < -0.4 is 10.1 Å². The lowest BCUT2D eigenvalue weighted by atomic mass is 10.0. The highest BCUT2D eigenvalue weighted by Gasteiger charge is 2.21. The third-order valence-corrected chi connectivity index (χ3v) is 3.38. The van der Waals surface area contributed by atoms with Crippen LogP contribution in [0.25, 0.3) is 0 Å². The van der Waals surface area contributed by atoms with E-state index >= 15 is 0 Å². The van der Waals surface area contributed by atoms with Gasteiger partial charge in [0.2, 0.25) is 0 Å². The Morgan fingerprint density at radius 3 is 3.00 bits per heavy atom. The minimum Gasteiger partial charge on any atom is -0.494 e. The summed E-state index contributed by atoms with van der Waals surface area (Å²) in [5.41, 5.74) is 1.36. The van der Waals surface area contributed by atoms with E-state index in [1.54, 1.807) is 0 Å². The summed E-state index contributed by atoms with van der Waals surface area (Å²) >= 11 is 0. The second-order valence-electron chi connectivity index (χ2n) is 5.08. The van der Waals surface area contributed by atoms with Crippen molar-refractivity contribution in [1.29, 1.82) is 0 Å². The van der Waals surface area contributed by atoms with Crippen molar-refractivity contribution in [2.45, 2.75) is 39.2 Å². The Hall–Kier alpha value is -1.02. The van der Waals surface area contributed by atoms with Crippen LogP contribution in [0, 0.1) is 5.92 Å². The zero-order valence-electron chi connectivity index (χ0n) is 10.9. The molecule has 1 aromatic rings. The van der Waals surface area contributed by atoms with E-state index in [4.69, 9.17) is 4.74 Å². The normalized spacial score (nSPS) is 23.9. The zero-order valence-corrected chi connectivity index (χ0v) is 10.9. The highest BCUT2D eigenvalue weighted by atomic mass is 16.5. The van der Waals surface area contributed by atoms with Crippen LogP contribution in [0.3, 0.4) is 0 Å². The Morgan fingerprint density at radius 2 is 2.29 bits per heavy atom. The minimum atomic E-state index is 0.514. The van der Waals surface area contributed by atoms with Crippen molar-refractivity contribution in [3.63, 3.8) is 0 Å². The largest absolute Gasteiger partial charge is 0.494 e. The average molecular weight is 233 g/mol. The van der Waals surface area contributed by atoms with Crippen molar-refractivity contribution in [2.24, 2.45) is 5.92 Å². The van der Waals surface area contributed by atoms with Gasteiger partial charge in [-0.25, -0.2) is 0 Å². The van der Waals surface area contributed by atoms with Crippen molar-refractivity contribution >= 4 is 0 Å². The molecular weight excluding hydrogens is 210 g/mol. The van der Waals surface area contributed by atoms with Crippen molar-refractivity contribution in [3.05, 3.63) is 29.8 Å². The topological polar surface area (TPSA) is 21.3 Å². The molecule has 2 atom stereocenters. The van der Waals surface area contributed by atoms with Gasteiger partial charge in [0, 0.05) is 6.04 Å². The molecule has 0 aliphatic carbocycles. The van der Waals surface area contributed by atoms with E-state index in [2.05, 4.69) is 43.4 Å². The van der Waals surface area contributed by atoms with E-state index in [9.17, 15) is 0 Å². The monoisotopic (exact) mass is 233 g/mol. The second kappa shape index (κ2) is 6.06. The summed E-state index contributed by atoms with van der Waals surface area (Å²) in [6.07, 6.45) is 3.54. The SMILES string of the molecule is CCCCOc1cccc([C@H]2C[C@H](C)CN2)c1. The Kier molecular flexibility index (Phi) is 4.43. The molecule has 17 heavy (non-hydrogen) atoms. The second-order valence-corrected chi connectivity index (χ2v) is 5.08. The predicted molar refractivity (Wildman–Crippen MR) is 71.4 cm³/mol. The van der Waals surface area contributed by atoms with Gasteiger partial charge in [0.05, 0.1) is 6.61 Å². The molecule has 0 spiro atoms. The molecule has 0 aromatic heterocycles. The summed E-state index contributed by atoms with van der Waals surface area (Å²) in [5.74, 6) is 1.79. The fourth-order valence-corrected chi connectivity index (χ4v) is 2.32. The highest BCUT2D eigenvalue weighted by molar-refractivity contribution is 5.31. The zero-order chi connectivity index (χ0) is 12.1. The number of hydrogen-bond donors (Lipinski definition) is 1. The lowest BCUT2D eigenvalue weighted by Gasteiger charge is -2.13. The number of benzene rings is 1. The van der Waals surface area contributed by atoms with E-state index in [0.717, 1.165) is 31.2 Å². The third-order valence-electron chi connectivity index (χ3n) is 3.38. The first-order chi connectivity index (χ1) is 8.29. The van der Waals surface area contributed by atoms with Gasteiger partial charge in [-0.3, -0.25) is 0 Å². The van der Waals surface area contributed by atoms with E-state index in [1.165, 1.54) is 18.4 Å². The molecule has 0 saturated carbocycles. The van der Waals surface area contributed by atoms with Gasteiger partial charge in [-0.15, -0.1) is 0 Å². The quantitative estimate of drug-likeness (QED) is 0.785. The van der Waals surface area contributed by atoms with Gasteiger partial charge in [-0.2, -0.15) is 0 Å². The van der Waals surface area contributed by atoms with Crippen LogP contribution in [0.4, 0.5) is 0 Å². The number of unbranched alkanes of at least 4 members (excludes halogenated alkanes) is 1. The van der Waals surface area contributed by atoms with Crippen molar-refractivity contribution in [1.82, 2.24) is 5.32 Å². The summed E-state index contributed by atoms with van der Waals surface area (Å²) in [5, 5.41) is 3.56. The average Bonchev–Trinajstić information content (AvgIpc) is 2.77. The summed E-state index contributed by atoms with van der Waals surface area (Å²) < 4.78 is 5.75. The van der Waals surface area contributed by atoms with Crippen LogP contribution in [0.15, 0.2) is 24.3 Å². The molecule has 0 amide bonds. The van der Waals surface area contributed by atoms with Gasteiger partial charge >= 0.3 is 0 Å². The minimum absolute atomic E-state index is 0.514. The van der Waals surface area contributed by atoms with E-state index in [-0.39, 0.29) is 0 Å². The molecule has 94 valence electrons. The van der Waals surface area contributed by atoms with Crippen LogP contribution in [0.5, 0.6) is 5.75 Å². The van der Waals surface area contributed by atoms with E-state index in [1.807, 2.05) is 0 Å². The summed E-state index contributed by atoms with van der Waals surface area (Å²) in [6, 6.07) is 9.05. The van der Waals surface area contributed by atoms with Crippen molar-refractivity contribution < 1.29 is 4.74 Å². The van der Waals surface area contributed by atoms with Gasteiger partial charge in [0.25, 0.3) is 0 Å². The molecule has 1 fully saturated rings. The molecule has 1 N–H and O–H groups in total. The molecule has 1 aliphatic rings. The van der Waals surface area contributed by atoms with Gasteiger partial charge in [0.1, 0.15) is 5.75 Å². The van der Waals surface area contributed by atoms with Gasteiger partial charge in [0.15, 0.2) is 0 Å². The first kappa shape index (κ1) is 12.4. The fraction of sp³-hybridized carbons (Fsp3) is 0.600. The molecule has 0 bridgehead atoms. The third kappa shape index (κ3) is 3.47. The maximum atomic E-state index is 5.75. The van der Waals surface area contributed by atoms with Crippen LogP contribution in [0.1, 0.15) is 44.7 Å². The van der Waals surface area contributed by atoms with Crippen LogP contribution >= 0.6 is 0 Å². The van der Waals surface area contributed by atoms with Crippen LogP contribution in [0.2, 0.25) is 0 Å². The Bertz CT molecular complexity index is 351. The molecule has 0 unspecified atom stereocenters. The first-order valence-electron chi connectivity index (χ1n) is 6.75. The Labute approximate surface area is 104 Å². The smallest absolute Gasteiger partial charge is 0.119 e. The molecule has 2 nitrogen and oxygen atoms in total. The molecule has 1 aliphatic heterocycles. The molecule has 0 radical (unpaired) electrons. The summed E-state index contributed by atoms with van der Waals surface area (Å²) in [4.78, 5) is 0. The highest BCUT2D eigenvalue weighted by Crippen LogP contribution is 2.28. The maximum Gasteiger partial charge on any atom is 0.119 e. The number of nitrogens with one attached hydrogen (secondary N) is 1. The van der Waals surface area contributed by atoms with E-state index in [0.29, 0.717) is 6.04 Å². The number of hydrogen-bond acceptors (Lipinski definition) is 2. The van der Waals surface area contributed by atoms with Crippen molar-refractivity contribution in [2.75, 3.05) is 13.2 Å². The number of ether oxygens (including phenoxy) is 1.